The fourth-order valence-corrected chi connectivity index (χ4v) is 3.19. The number of hydrogen-bond acceptors (Lipinski definition) is 6. The molecule has 1 saturated heterocycles. The van der Waals surface area contributed by atoms with Gasteiger partial charge in [-0.05, 0) is 24.6 Å². The number of aliphatic hydroxyl groups is 1. The van der Waals surface area contributed by atoms with Gasteiger partial charge in [-0.25, -0.2) is 9.78 Å². The van der Waals surface area contributed by atoms with Gasteiger partial charge >= 0.3 is 5.97 Å². The van der Waals surface area contributed by atoms with Crippen LogP contribution in [0, 0.1) is 6.92 Å². The SMILES string of the molecule is COc1cc2nc(N3CCC(O)(C(=O)O)CC3)cc(C)c2cc1OC. The van der Waals surface area contributed by atoms with Crippen molar-refractivity contribution in [2.24, 2.45) is 0 Å². The van der Waals surface area contributed by atoms with Crippen LogP contribution in [0.25, 0.3) is 10.9 Å². The molecule has 0 bridgehead atoms. The molecule has 3 rings (SSSR count). The van der Waals surface area contributed by atoms with Crippen molar-refractivity contribution in [3.63, 3.8) is 0 Å². The summed E-state index contributed by atoms with van der Waals surface area (Å²) >= 11 is 0. The lowest BCUT2D eigenvalue weighted by atomic mass is 9.91. The molecule has 0 amide bonds. The summed E-state index contributed by atoms with van der Waals surface area (Å²) in [6, 6.07) is 5.71. The van der Waals surface area contributed by atoms with Crippen LogP contribution in [0.2, 0.25) is 0 Å². The predicted octanol–water partition coefficient (Wildman–Crippen LogP) is 1.98. The van der Waals surface area contributed by atoms with E-state index in [0.717, 1.165) is 22.3 Å². The number of methoxy groups -OCH3 is 2. The Morgan fingerprint density at radius 1 is 1.16 bits per heavy atom. The van der Waals surface area contributed by atoms with Crippen molar-refractivity contribution in [3.05, 3.63) is 23.8 Å². The Morgan fingerprint density at radius 3 is 2.32 bits per heavy atom. The summed E-state index contributed by atoms with van der Waals surface area (Å²) in [5, 5.41) is 20.2. The van der Waals surface area contributed by atoms with E-state index in [2.05, 4.69) is 0 Å². The number of pyridine rings is 1. The van der Waals surface area contributed by atoms with Crippen molar-refractivity contribution in [1.82, 2.24) is 4.98 Å². The normalized spacial score (nSPS) is 16.7. The third kappa shape index (κ3) is 3.07. The van der Waals surface area contributed by atoms with Crippen LogP contribution >= 0.6 is 0 Å². The molecule has 1 aromatic carbocycles. The molecule has 0 aliphatic carbocycles. The first-order chi connectivity index (χ1) is 11.9. The minimum Gasteiger partial charge on any atom is -0.493 e. The first-order valence-electron chi connectivity index (χ1n) is 8.12. The minimum absolute atomic E-state index is 0.174. The highest BCUT2D eigenvalue weighted by atomic mass is 16.5. The molecule has 0 radical (unpaired) electrons. The molecule has 25 heavy (non-hydrogen) atoms. The van der Waals surface area contributed by atoms with Crippen LogP contribution in [-0.2, 0) is 4.79 Å². The highest BCUT2D eigenvalue weighted by Gasteiger charge is 2.39. The lowest BCUT2D eigenvalue weighted by Crippen LogP contribution is -2.49. The second-order valence-electron chi connectivity index (χ2n) is 6.35. The zero-order valence-corrected chi connectivity index (χ0v) is 14.6. The summed E-state index contributed by atoms with van der Waals surface area (Å²) in [6.07, 6.45) is 0.347. The van der Waals surface area contributed by atoms with Crippen LogP contribution in [0.15, 0.2) is 18.2 Å². The zero-order chi connectivity index (χ0) is 18.2. The largest absolute Gasteiger partial charge is 0.493 e. The van der Waals surface area contributed by atoms with Crippen LogP contribution in [0.5, 0.6) is 11.5 Å². The van der Waals surface area contributed by atoms with Gasteiger partial charge in [0.15, 0.2) is 17.1 Å². The first-order valence-corrected chi connectivity index (χ1v) is 8.12. The number of rotatable bonds is 4. The molecule has 2 aromatic rings. The van der Waals surface area contributed by atoms with Gasteiger partial charge in [-0.1, -0.05) is 0 Å². The molecule has 0 unspecified atom stereocenters. The molecule has 1 fully saturated rings. The van der Waals surface area contributed by atoms with Crippen molar-refractivity contribution >= 4 is 22.7 Å². The third-order valence-corrected chi connectivity index (χ3v) is 4.82. The molecule has 2 heterocycles. The van der Waals surface area contributed by atoms with Crippen LogP contribution in [0.3, 0.4) is 0 Å². The molecule has 0 spiro atoms. The van der Waals surface area contributed by atoms with Crippen LogP contribution in [0.4, 0.5) is 5.82 Å². The maximum atomic E-state index is 11.2. The lowest BCUT2D eigenvalue weighted by Gasteiger charge is -2.36. The number of aryl methyl sites for hydroxylation is 1. The van der Waals surface area contributed by atoms with E-state index in [1.807, 2.05) is 30.0 Å². The topological polar surface area (TPSA) is 92.1 Å². The van der Waals surface area contributed by atoms with Gasteiger partial charge in [0.1, 0.15) is 5.82 Å². The average Bonchev–Trinajstić information content (AvgIpc) is 2.61. The molecular formula is C18H22N2O5. The number of carboxylic acid groups (broad SMARTS) is 1. The monoisotopic (exact) mass is 346 g/mol. The number of piperidine rings is 1. The fourth-order valence-electron chi connectivity index (χ4n) is 3.19. The number of anilines is 1. The maximum absolute atomic E-state index is 11.2. The van der Waals surface area contributed by atoms with E-state index in [-0.39, 0.29) is 12.8 Å². The second kappa shape index (κ2) is 6.40. The number of aliphatic carboxylic acids is 1. The molecule has 0 atom stereocenters. The molecule has 2 N–H and O–H groups in total. The van der Waals surface area contributed by atoms with Gasteiger partial charge in [-0.2, -0.15) is 0 Å². The Kier molecular flexibility index (Phi) is 4.43. The van der Waals surface area contributed by atoms with E-state index in [1.165, 1.54) is 0 Å². The van der Waals surface area contributed by atoms with E-state index < -0.39 is 11.6 Å². The smallest absolute Gasteiger partial charge is 0.335 e. The summed E-state index contributed by atoms with van der Waals surface area (Å²) < 4.78 is 10.7. The quantitative estimate of drug-likeness (QED) is 0.874. The second-order valence-corrected chi connectivity index (χ2v) is 6.35. The van der Waals surface area contributed by atoms with Crippen LogP contribution in [0.1, 0.15) is 18.4 Å². The number of nitrogens with zero attached hydrogens (tertiary/aromatic N) is 2. The van der Waals surface area contributed by atoms with Crippen molar-refractivity contribution in [2.75, 3.05) is 32.2 Å². The Morgan fingerprint density at radius 2 is 1.76 bits per heavy atom. The van der Waals surface area contributed by atoms with Gasteiger partial charge in [0.25, 0.3) is 0 Å². The number of aromatic nitrogens is 1. The maximum Gasteiger partial charge on any atom is 0.335 e. The van der Waals surface area contributed by atoms with Gasteiger partial charge in [0.2, 0.25) is 0 Å². The Bertz CT molecular complexity index is 813. The molecule has 1 aromatic heterocycles. The Balaban J connectivity index is 1.95. The summed E-state index contributed by atoms with van der Waals surface area (Å²) in [5.41, 5.74) is 0.186. The number of carboxylic acids is 1. The molecule has 1 aliphatic rings. The van der Waals surface area contributed by atoms with E-state index in [9.17, 15) is 9.90 Å². The molecule has 0 saturated carbocycles. The molecule has 1 aliphatic heterocycles. The number of fused-ring (bicyclic) bond motifs is 1. The van der Waals surface area contributed by atoms with Crippen molar-refractivity contribution < 1.29 is 24.5 Å². The highest BCUT2D eigenvalue weighted by molar-refractivity contribution is 5.87. The van der Waals surface area contributed by atoms with E-state index in [1.54, 1.807) is 14.2 Å². The van der Waals surface area contributed by atoms with Gasteiger partial charge in [0.05, 0.1) is 19.7 Å². The van der Waals surface area contributed by atoms with Gasteiger partial charge in [-0.15, -0.1) is 0 Å². The van der Waals surface area contributed by atoms with Crippen LogP contribution in [-0.4, -0.2) is 54.1 Å². The predicted molar refractivity (Wildman–Crippen MR) is 93.6 cm³/mol. The highest BCUT2D eigenvalue weighted by Crippen LogP contribution is 2.35. The first kappa shape index (κ1) is 17.3. The number of ether oxygens (including phenoxy) is 2. The summed E-state index contributed by atoms with van der Waals surface area (Å²) in [5.74, 6) is 0.867. The molecule has 7 heteroatoms. The van der Waals surface area contributed by atoms with E-state index in [0.29, 0.717) is 24.6 Å². The molecular weight excluding hydrogens is 324 g/mol. The van der Waals surface area contributed by atoms with Crippen molar-refractivity contribution in [1.29, 1.82) is 0 Å². The standard InChI is InChI=1S/C18H22N2O5/c1-11-8-16(20-6-4-18(23,5-7-20)17(21)22)19-13-10-15(25-3)14(24-2)9-12(11)13/h8-10,23H,4-7H2,1-3H3,(H,21,22). The molecule has 7 nitrogen and oxygen atoms in total. The third-order valence-electron chi connectivity index (χ3n) is 4.82. The van der Waals surface area contributed by atoms with Crippen molar-refractivity contribution in [2.45, 2.75) is 25.4 Å². The van der Waals surface area contributed by atoms with Gasteiger partial charge in [0, 0.05) is 37.4 Å². The zero-order valence-electron chi connectivity index (χ0n) is 14.6. The lowest BCUT2D eigenvalue weighted by molar-refractivity contribution is -0.160. The molecule has 134 valence electrons. The van der Waals surface area contributed by atoms with Crippen LogP contribution < -0.4 is 14.4 Å². The van der Waals surface area contributed by atoms with Crippen molar-refractivity contribution in [3.8, 4) is 11.5 Å². The minimum atomic E-state index is -1.64. The number of carbonyl (C=O) groups is 1. The summed E-state index contributed by atoms with van der Waals surface area (Å²) in [6.45, 7) is 2.87. The average molecular weight is 346 g/mol. The Labute approximate surface area is 145 Å². The number of benzene rings is 1. The summed E-state index contributed by atoms with van der Waals surface area (Å²) in [7, 11) is 3.18. The summed E-state index contributed by atoms with van der Waals surface area (Å²) in [4.78, 5) is 17.9. The number of hydrogen-bond donors (Lipinski definition) is 2. The Hall–Kier alpha value is -2.54. The van der Waals surface area contributed by atoms with Gasteiger partial charge < -0.3 is 24.6 Å². The van der Waals surface area contributed by atoms with E-state index in [4.69, 9.17) is 19.6 Å². The van der Waals surface area contributed by atoms with Gasteiger partial charge in [-0.3, -0.25) is 0 Å². The van der Waals surface area contributed by atoms with E-state index >= 15 is 0 Å². The fraction of sp³-hybridized carbons (Fsp3) is 0.444.